The molecule has 13 heavy (non-hydrogen) atoms. The number of ether oxygens (including phenoxy) is 2. The van der Waals surface area contributed by atoms with Crippen molar-refractivity contribution in [2.45, 2.75) is 6.92 Å². The van der Waals surface area contributed by atoms with Crippen LogP contribution in [0.4, 0.5) is 0 Å². The average molecular weight is 179 g/mol. The van der Waals surface area contributed by atoms with E-state index >= 15 is 0 Å². The van der Waals surface area contributed by atoms with Crippen LogP contribution < -0.4 is 4.74 Å². The number of hydrogen-bond acceptors (Lipinski definition) is 3. The van der Waals surface area contributed by atoms with Crippen molar-refractivity contribution >= 4 is 5.97 Å². The number of rotatable bonds is 3. The van der Waals surface area contributed by atoms with E-state index in [2.05, 4.69) is 11.8 Å². The molecule has 0 aliphatic rings. The van der Waals surface area contributed by atoms with Gasteiger partial charge in [0, 0.05) is 0 Å². The first kappa shape index (κ1) is 9.58. The Morgan fingerprint density at radius 2 is 2.15 bits per heavy atom. The number of carbonyl (C=O) groups excluding carboxylic acids is 1. The maximum absolute atomic E-state index is 11.1. The number of para-hydroxylation sites is 1. The van der Waals surface area contributed by atoms with E-state index in [0.29, 0.717) is 17.9 Å². The summed E-state index contributed by atoms with van der Waals surface area (Å²) in [6.07, 6.45) is 0. The zero-order chi connectivity index (χ0) is 9.68. The van der Waals surface area contributed by atoms with Gasteiger partial charge in [0.1, 0.15) is 18.4 Å². The molecule has 3 nitrogen and oxygen atoms in total. The van der Waals surface area contributed by atoms with E-state index in [-0.39, 0.29) is 0 Å². The van der Waals surface area contributed by atoms with Gasteiger partial charge in [0.25, 0.3) is 0 Å². The van der Waals surface area contributed by atoms with Gasteiger partial charge in [-0.25, -0.2) is 4.79 Å². The normalized spacial score (nSPS) is 9.38. The predicted molar refractivity (Wildman–Crippen MR) is 48.4 cm³/mol. The Bertz CT molecular complexity index is 294. The van der Waals surface area contributed by atoms with E-state index in [4.69, 9.17) is 4.74 Å². The summed E-state index contributed by atoms with van der Waals surface area (Å²) in [5.74, 6) is 0.0442. The molecule has 1 aromatic carbocycles. The molecule has 3 heteroatoms. The van der Waals surface area contributed by atoms with Crippen LogP contribution in [0.1, 0.15) is 17.3 Å². The maximum atomic E-state index is 11.1. The number of benzene rings is 1. The Labute approximate surface area is 77.3 Å². The van der Waals surface area contributed by atoms with Gasteiger partial charge in [0.05, 0.1) is 6.61 Å². The van der Waals surface area contributed by atoms with Gasteiger partial charge in [-0.3, -0.25) is 0 Å². The first-order chi connectivity index (χ1) is 6.29. The van der Waals surface area contributed by atoms with Gasteiger partial charge in [0.2, 0.25) is 0 Å². The second kappa shape index (κ2) is 4.50. The molecule has 0 fully saturated rings. The first-order valence-electron chi connectivity index (χ1n) is 3.97. The van der Waals surface area contributed by atoms with Crippen LogP contribution in [0.5, 0.6) is 5.75 Å². The van der Waals surface area contributed by atoms with Gasteiger partial charge >= 0.3 is 5.97 Å². The Kier molecular flexibility index (Phi) is 3.31. The summed E-state index contributed by atoms with van der Waals surface area (Å²) >= 11 is 0. The van der Waals surface area contributed by atoms with Crippen LogP contribution in [0.3, 0.4) is 0 Å². The van der Waals surface area contributed by atoms with E-state index in [1.54, 1.807) is 24.3 Å². The van der Waals surface area contributed by atoms with Crippen LogP contribution in [0.25, 0.3) is 0 Å². The SMILES string of the molecule is [CH2]OC(=O)c1ccccc1OCC. The molecule has 0 aliphatic heterocycles. The highest BCUT2D eigenvalue weighted by atomic mass is 16.5. The van der Waals surface area contributed by atoms with Gasteiger partial charge in [0.15, 0.2) is 0 Å². The minimum atomic E-state index is -0.482. The molecule has 0 spiro atoms. The summed E-state index contributed by atoms with van der Waals surface area (Å²) < 4.78 is 9.59. The number of hydrogen-bond donors (Lipinski definition) is 0. The number of carbonyl (C=O) groups is 1. The van der Waals surface area contributed by atoms with E-state index in [0.717, 1.165) is 0 Å². The Balaban J connectivity index is 2.97. The first-order valence-corrected chi connectivity index (χ1v) is 3.97. The molecule has 1 radical (unpaired) electrons. The third-order valence-electron chi connectivity index (χ3n) is 1.54. The topological polar surface area (TPSA) is 35.5 Å². The lowest BCUT2D eigenvalue weighted by atomic mass is 10.2. The molecule has 0 aromatic heterocycles. The van der Waals surface area contributed by atoms with Crippen LogP contribution in [0.15, 0.2) is 24.3 Å². The van der Waals surface area contributed by atoms with Gasteiger partial charge in [-0.2, -0.15) is 0 Å². The van der Waals surface area contributed by atoms with E-state index < -0.39 is 5.97 Å². The van der Waals surface area contributed by atoms with Crippen molar-refractivity contribution in [2.24, 2.45) is 0 Å². The molecule has 1 aromatic rings. The lowest BCUT2D eigenvalue weighted by Gasteiger charge is -2.07. The standard InChI is InChI=1S/C10H11O3/c1-3-13-9-7-5-4-6-8(9)10(11)12-2/h4-7H,2-3H2,1H3. The molecule has 0 aliphatic carbocycles. The molecule has 0 saturated heterocycles. The van der Waals surface area contributed by atoms with Crippen molar-refractivity contribution in [3.8, 4) is 5.75 Å². The molecule has 0 unspecified atom stereocenters. The van der Waals surface area contributed by atoms with E-state index in [9.17, 15) is 4.79 Å². The molecule has 69 valence electrons. The predicted octanol–water partition coefficient (Wildman–Crippen LogP) is 2.03. The van der Waals surface area contributed by atoms with Gasteiger partial charge < -0.3 is 9.47 Å². The van der Waals surface area contributed by atoms with Crippen LogP contribution in [-0.4, -0.2) is 12.6 Å². The van der Waals surface area contributed by atoms with Gasteiger partial charge in [-0.05, 0) is 19.1 Å². The molecule has 1 rings (SSSR count). The second-order valence-corrected chi connectivity index (χ2v) is 2.36. The molecular formula is C10H11O3. The van der Waals surface area contributed by atoms with Gasteiger partial charge in [-0.1, -0.05) is 12.1 Å². The van der Waals surface area contributed by atoms with Gasteiger partial charge in [-0.15, -0.1) is 0 Å². The molecule has 0 saturated carbocycles. The summed E-state index contributed by atoms with van der Waals surface area (Å²) in [5, 5.41) is 0. The molecule has 0 bridgehead atoms. The largest absolute Gasteiger partial charge is 0.493 e. The van der Waals surface area contributed by atoms with Crippen LogP contribution in [0, 0.1) is 7.11 Å². The highest BCUT2D eigenvalue weighted by Crippen LogP contribution is 2.18. The highest BCUT2D eigenvalue weighted by molar-refractivity contribution is 5.92. The average Bonchev–Trinajstić information content (AvgIpc) is 2.18. The number of esters is 1. The molecule has 0 atom stereocenters. The van der Waals surface area contributed by atoms with Crippen LogP contribution in [-0.2, 0) is 4.74 Å². The quantitative estimate of drug-likeness (QED) is 0.666. The fraction of sp³-hybridized carbons (Fsp3) is 0.200. The summed E-state index contributed by atoms with van der Waals surface area (Å²) in [5.41, 5.74) is 0.402. The highest BCUT2D eigenvalue weighted by Gasteiger charge is 2.10. The second-order valence-electron chi connectivity index (χ2n) is 2.36. The summed E-state index contributed by atoms with van der Waals surface area (Å²) in [6.45, 7) is 2.37. The zero-order valence-electron chi connectivity index (χ0n) is 7.45. The van der Waals surface area contributed by atoms with Crippen LogP contribution >= 0.6 is 0 Å². The van der Waals surface area contributed by atoms with Crippen molar-refractivity contribution in [2.75, 3.05) is 6.61 Å². The Morgan fingerprint density at radius 1 is 1.46 bits per heavy atom. The van der Waals surface area contributed by atoms with E-state index in [1.807, 2.05) is 6.92 Å². The lowest BCUT2D eigenvalue weighted by Crippen LogP contribution is -2.04. The summed E-state index contributed by atoms with van der Waals surface area (Å²) in [4.78, 5) is 11.1. The Morgan fingerprint density at radius 3 is 2.77 bits per heavy atom. The fourth-order valence-electron chi connectivity index (χ4n) is 0.994. The Hall–Kier alpha value is -1.51. The van der Waals surface area contributed by atoms with Crippen molar-refractivity contribution in [1.29, 1.82) is 0 Å². The molecule has 0 heterocycles. The van der Waals surface area contributed by atoms with E-state index in [1.165, 1.54) is 0 Å². The lowest BCUT2D eigenvalue weighted by molar-refractivity contribution is 0.0649. The zero-order valence-corrected chi connectivity index (χ0v) is 7.45. The molecular weight excluding hydrogens is 168 g/mol. The van der Waals surface area contributed by atoms with Crippen molar-refractivity contribution in [1.82, 2.24) is 0 Å². The maximum Gasteiger partial charge on any atom is 0.342 e. The third-order valence-corrected chi connectivity index (χ3v) is 1.54. The van der Waals surface area contributed by atoms with Crippen molar-refractivity contribution in [3.05, 3.63) is 36.9 Å². The fourth-order valence-corrected chi connectivity index (χ4v) is 0.994. The minimum Gasteiger partial charge on any atom is -0.493 e. The molecule has 0 amide bonds. The van der Waals surface area contributed by atoms with Crippen molar-refractivity contribution in [3.63, 3.8) is 0 Å². The smallest absolute Gasteiger partial charge is 0.342 e. The monoisotopic (exact) mass is 179 g/mol. The van der Waals surface area contributed by atoms with Crippen molar-refractivity contribution < 1.29 is 14.3 Å². The summed E-state index contributed by atoms with van der Waals surface area (Å²) in [6, 6.07) is 6.90. The third kappa shape index (κ3) is 2.21. The van der Waals surface area contributed by atoms with Crippen LogP contribution in [0.2, 0.25) is 0 Å². The molecule has 0 N–H and O–H groups in total. The summed E-state index contributed by atoms with van der Waals surface area (Å²) in [7, 11) is 3.06. The minimum absolute atomic E-state index is 0.402.